The molecule has 1 aliphatic rings. The third kappa shape index (κ3) is 6.37. The number of thioether (sulfide) groups is 1. The maximum atomic E-state index is 12.6. The zero-order valence-electron chi connectivity index (χ0n) is 15.3. The summed E-state index contributed by atoms with van der Waals surface area (Å²) < 4.78 is 0. The molecular formula is C18H24N4O4S. The largest absolute Gasteiger partial charge is 0.352 e. The summed E-state index contributed by atoms with van der Waals surface area (Å²) in [6.45, 7) is 8.65. The molecular weight excluding hydrogens is 368 g/mol. The van der Waals surface area contributed by atoms with Crippen LogP contribution in [0.25, 0.3) is 0 Å². The van der Waals surface area contributed by atoms with Gasteiger partial charge in [0.05, 0.1) is 16.7 Å². The van der Waals surface area contributed by atoms with Gasteiger partial charge in [0.2, 0.25) is 11.8 Å². The molecule has 0 radical (unpaired) electrons. The normalized spacial score (nSPS) is 15.8. The second-order valence-corrected chi connectivity index (χ2v) is 7.62. The van der Waals surface area contributed by atoms with E-state index in [0.29, 0.717) is 39.3 Å². The van der Waals surface area contributed by atoms with E-state index >= 15 is 0 Å². The van der Waals surface area contributed by atoms with Crippen molar-refractivity contribution in [2.24, 2.45) is 0 Å². The lowest BCUT2D eigenvalue weighted by Gasteiger charge is -2.35. The van der Waals surface area contributed by atoms with Crippen molar-refractivity contribution in [2.75, 3.05) is 39.3 Å². The van der Waals surface area contributed by atoms with Crippen molar-refractivity contribution in [1.82, 2.24) is 15.1 Å². The minimum Gasteiger partial charge on any atom is -0.352 e. The van der Waals surface area contributed by atoms with Crippen molar-refractivity contribution < 1.29 is 14.5 Å². The lowest BCUT2D eigenvalue weighted by molar-refractivity contribution is -0.384. The highest BCUT2D eigenvalue weighted by atomic mass is 32.2. The summed E-state index contributed by atoms with van der Waals surface area (Å²) in [5.74, 6) is -0.00844. The van der Waals surface area contributed by atoms with Crippen LogP contribution in [0.5, 0.6) is 0 Å². The molecule has 0 bridgehead atoms. The average molecular weight is 392 g/mol. The van der Waals surface area contributed by atoms with Gasteiger partial charge in [-0.2, -0.15) is 0 Å². The average Bonchev–Trinajstić information content (AvgIpc) is 2.66. The molecule has 2 rings (SSSR count). The van der Waals surface area contributed by atoms with Crippen LogP contribution in [0.15, 0.2) is 41.8 Å². The van der Waals surface area contributed by atoms with Crippen LogP contribution in [0.1, 0.15) is 6.92 Å². The van der Waals surface area contributed by atoms with Crippen LogP contribution < -0.4 is 5.32 Å². The summed E-state index contributed by atoms with van der Waals surface area (Å²) >= 11 is 1.39. The van der Waals surface area contributed by atoms with Gasteiger partial charge in [0.15, 0.2) is 0 Å². The smallest absolute Gasteiger partial charge is 0.269 e. The number of benzene rings is 1. The number of rotatable bonds is 8. The van der Waals surface area contributed by atoms with Gasteiger partial charge < -0.3 is 10.2 Å². The highest BCUT2D eigenvalue weighted by Crippen LogP contribution is 2.26. The number of nitro benzene ring substituents is 1. The predicted octanol–water partition coefficient (Wildman–Crippen LogP) is 1.52. The summed E-state index contributed by atoms with van der Waals surface area (Å²) in [7, 11) is 0. The Labute approximate surface area is 162 Å². The molecule has 27 heavy (non-hydrogen) atoms. The van der Waals surface area contributed by atoms with E-state index in [1.807, 2.05) is 11.8 Å². The van der Waals surface area contributed by atoms with Gasteiger partial charge in [-0.05, 0) is 19.1 Å². The van der Waals surface area contributed by atoms with E-state index < -0.39 is 4.92 Å². The highest BCUT2D eigenvalue weighted by Gasteiger charge is 2.26. The Morgan fingerprint density at radius 1 is 1.30 bits per heavy atom. The van der Waals surface area contributed by atoms with Crippen molar-refractivity contribution >= 4 is 29.3 Å². The third-order valence-electron chi connectivity index (χ3n) is 4.20. The van der Waals surface area contributed by atoms with Crippen molar-refractivity contribution in [1.29, 1.82) is 0 Å². The Bertz CT molecular complexity index is 687. The first-order chi connectivity index (χ1) is 12.9. The Hall–Kier alpha value is -2.39. The van der Waals surface area contributed by atoms with Gasteiger partial charge in [-0.15, -0.1) is 18.3 Å². The molecule has 0 aliphatic carbocycles. The molecule has 1 N–H and O–H groups in total. The van der Waals surface area contributed by atoms with Crippen molar-refractivity contribution in [3.63, 3.8) is 0 Å². The molecule has 1 aliphatic heterocycles. The Kier molecular flexibility index (Phi) is 7.81. The summed E-state index contributed by atoms with van der Waals surface area (Å²) in [6, 6.07) is 6.20. The summed E-state index contributed by atoms with van der Waals surface area (Å²) in [5, 5.41) is 13.2. The van der Waals surface area contributed by atoms with Crippen LogP contribution in [0.4, 0.5) is 5.69 Å². The maximum absolute atomic E-state index is 12.6. The number of carbonyl (C=O) groups excluding carboxylic acids is 2. The second kappa shape index (κ2) is 10.1. The van der Waals surface area contributed by atoms with Crippen LogP contribution in [-0.2, 0) is 9.59 Å². The zero-order chi connectivity index (χ0) is 19.8. The van der Waals surface area contributed by atoms with Gasteiger partial charge in [-0.25, -0.2) is 0 Å². The molecule has 1 aromatic carbocycles. The first-order valence-electron chi connectivity index (χ1n) is 8.70. The molecule has 8 nitrogen and oxygen atoms in total. The molecule has 2 amide bonds. The summed E-state index contributed by atoms with van der Waals surface area (Å²) in [6.07, 6.45) is 1.64. The molecule has 1 heterocycles. The van der Waals surface area contributed by atoms with Crippen molar-refractivity contribution in [3.8, 4) is 0 Å². The van der Waals surface area contributed by atoms with E-state index in [0.717, 1.165) is 4.90 Å². The SMILES string of the molecule is C=CCNC(=O)CN1CCN(C(=O)C(C)Sc2ccc([N+](=O)[O-])cc2)CC1. The van der Waals surface area contributed by atoms with E-state index in [2.05, 4.69) is 11.9 Å². The van der Waals surface area contributed by atoms with Crippen LogP contribution >= 0.6 is 11.8 Å². The van der Waals surface area contributed by atoms with Crippen molar-refractivity contribution in [3.05, 3.63) is 47.0 Å². The number of piperazine rings is 1. The number of nitrogens with one attached hydrogen (secondary N) is 1. The molecule has 1 saturated heterocycles. The van der Waals surface area contributed by atoms with E-state index in [1.54, 1.807) is 23.1 Å². The fraction of sp³-hybridized carbons (Fsp3) is 0.444. The number of carbonyl (C=O) groups is 2. The van der Waals surface area contributed by atoms with Crippen LogP contribution in [0.2, 0.25) is 0 Å². The van der Waals surface area contributed by atoms with Gasteiger partial charge in [0.1, 0.15) is 0 Å². The highest BCUT2D eigenvalue weighted by molar-refractivity contribution is 8.00. The zero-order valence-corrected chi connectivity index (χ0v) is 16.1. The fourth-order valence-electron chi connectivity index (χ4n) is 2.73. The van der Waals surface area contributed by atoms with Gasteiger partial charge in [-0.1, -0.05) is 6.08 Å². The fourth-order valence-corrected chi connectivity index (χ4v) is 3.68. The summed E-state index contributed by atoms with van der Waals surface area (Å²) in [5.41, 5.74) is 0.0339. The molecule has 0 spiro atoms. The Morgan fingerprint density at radius 3 is 2.48 bits per heavy atom. The molecule has 146 valence electrons. The number of hydrogen-bond acceptors (Lipinski definition) is 6. The number of nitrogens with zero attached hydrogens (tertiary/aromatic N) is 3. The Morgan fingerprint density at radius 2 is 1.93 bits per heavy atom. The van der Waals surface area contributed by atoms with Crippen LogP contribution in [0, 0.1) is 10.1 Å². The van der Waals surface area contributed by atoms with Gasteiger partial charge in [-0.3, -0.25) is 24.6 Å². The summed E-state index contributed by atoms with van der Waals surface area (Å²) in [4.78, 5) is 39.3. The van der Waals surface area contributed by atoms with Crippen LogP contribution in [-0.4, -0.2) is 71.1 Å². The van der Waals surface area contributed by atoms with E-state index in [9.17, 15) is 19.7 Å². The molecule has 0 saturated carbocycles. The number of nitro groups is 1. The van der Waals surface area contributed by atoms with E-state index in [4.69, 9.17) is 0 Å². The topological polar surface area (TPSA) is 95.8 Å². The third-order valence-corrected chi connectivity index (χ3v) is 5.30. The number of non-ortho nitro benzene ring substituents is 1. The monoisotopic (exact) mass is 392 g/mol. The number of hydrogen-bond donors (Lipinski definition) is 1. The molecule has 9 heteroatoms. The first-order valence-corrected chi connectivity index (χ1v) is 9.58. The minimum absolute atomic E-state index is 0.0339. The van der Waals surface area contributed by atoms with Gasteiger partial charge >= 0.3 is 0 Å². The van der Waals surface area contributed by atoms with Crippen molar-refractivity contribution in [2.45, 2.75) is 17.1 Å². The molecule has 1 unspecified atom stereocenters. The maximum Gasteiger partial charge on any atom is 0.269 e. The minimum atomic E-state index is -0.444. The standard InChI is InChI=1S/C18H24N4O4S/c1-3-8-19-17(23)13-20-9-11-21(12-10-20)18(24)14(2)27-16-6-4-15(5-7-16)22(25)26/h3-7,14H,1,8-13H2,2H3,(H,19,23). The lowest BCUT2D eigenvalue weighted by Crippen LogP contribution is -2.52. The second-order valence-electron chi connectivity index (χ2n) is 6.21. The Balaban J connectivity index is 1.79. The molecule has 1 fully saturated rings. The quantitative estimate of drug-likeness (QED) is 0.312. The lowest BCUT2D eigenvalue weighted by atomic mass is 10.3. The van der Waals surface area contributed by atoms with Gasteiger partial charge in [0.25, 0.3) is 5.69 Å². The van der Waals surface area contributed by atoms with E-state index in [1.165, 1.54) is 23.9 Å². The predicted molar refractivity (Wildman–Crippen MR) is 105 cm³/mol. The van der Waals surface area contributed by atoms with Crippen LogP contribution in [0.3, 0.4) is 0 Å². The van der Waals surface area contributed by atoms with Gasteiger partial charge in [0, 0.05) is 49.8 Å². The van der Waals surface area contributed by atoms with E-state index in [-0.39, 0.29) is 22.8 Å². The first kappa shape index (κ1) is 20.9. The number of amides is 2. The molecule has 0 aromatic heterocycles. The molecule has 1 atom stereocenters. The molecule has 1 aromatic rings.